The Bertz CT molecular complexity index is 375. The molecule has 1 aromatic rings. The van der Waals surface area contributed by atoms with Gasteiger partial charge in [0.1, 0.15) is 17.3 Å². The molecule has 0 aliphatic carbocycles. The summed E-state index contributed by atoms with van der Waals surface area (Å²) in [6.07, 6.45) is 3.74. The van der Waals surface area contributed by atoms with Gasteiger partial charge in [-0.3, -0.25) is 0 Å². The number of nitrogens with one attached hydrogen (secondary N) is 1. The molecule has 0 amide bonds. The summed E-state index contributed by atoms with van der Waals surface area (Å²) in [6.45, 7) is 10.7. The van der Waals surface area contributed by atoms with E-state index in [9.17, 15) is 0 Å². The van der Waals surface area contributed by atoms with Crippen molar-refractivity contribution in [3.63, 3.8) is 0 Å². The second-order valence-electron chi connectivity index (χ2n) is 5.34. The standard InChI is InChI=1S/C13H22ClN3/c1-6-7-13(4,5)17-12-10(9(2)3)11(14)15-8-16-12/h8-9H,6-7H2,1-5H3,(H,15,16,17). The zero-order valence-corrected chi connectivity index (χ0v) is 12.1. The second kappa shape index (κ2) is 5.67. The van der Waals surface area contributed by atoms with Gasteiger partial charge in [-0.1, -0.05) is 38.8 Å². The van der Waals surface area contributed by atoms with E-state index in [0.29, 0.717) is 11.1 Å². The summed E-state index contributed by atoms with van der Waals surface area (Å²) in [5, 5.41) is 4.02. The van der Waals surface area contributed by atoms with E-state index in [1.165, 1.54) is 6.33 Å². The maximum atomic E-state index is 6.14. The van der Waals surface area contributed by atoms with E-state index in [2.05, 4.69) is 49.9 Å². The Balaban J connectivity index is 3.02. The molecule has 0 unspecified atom stereocenters. The van der Waals surface area contributed by atoms with Gasteiger partial charge in [0.05, 0.1) is 0 Å². The molecule has 3 nitrogen and oxygen atoms in total. The van der Waals surface area contributed by atoms with Crippen molar-refractivity contribution < 1.29 is 0 Å². The van der Waals surface area contributed by atoms with Crippen LogP contribution in [-0.2, 0) is 0 Å². The van der Waals surface area contributed by atoms with Crippen molar-refractivity contribution in [2.45, 2.75) is 58.9 Å². The van der Waals surface area contributed by atoms with E-state index >= 15 is 0 Å². The van der Waals surface area contributed by atoms with E-state index in [1.807, 2.05) is 0 Å². The normalized spacial score (nSPS) is 11.9. The number of aromatic nitrogens is 2. The van der Waals surface area contributed by atoms with E-state index in [-0.39, 0.29) is 5.54 Å². The summed E-state index contributed by atoms with van der Waals surface area (Å²) in [5.41, 5.74) is 1.02. The van der Waals surface area contributed by atoms with Gasteiger partial charge < -0.3 is 5.32 Å². The number of nitrogens with zero attached hydrogens (tertiary/aromatic N) is 2. The van der Waals surface area contributed by atoms with Crippen molar-refractivity contribution in [1.82, 2.24) is 9.97 Å². The Kier molecular flexibility index (Phi) is 4.75. The van der Waals surface area contributed by atoms with E-state index in [4.69, 9.17) is 11.6 Å². The largest absolute Gasteiger partial charge is 0.365 e. The Morgan fingerprint density at radius 2 is 2.00 bits per heavy atom. The summed E-state index contributed by atoms with van der Waals surface area (Å²) in [6, 6.07) is 0. The lowest BCUT2D eigenvalue weighted by Crippen LogP contribution is -2.31. The smallest absolute Gasteiger partial charge is 0.138 e. The molecule has 96 valence electrons. The fourth-order valence-corrected chi connectivity index (χ4v) is 2.34. The van der Waals surface area contributed by atoms with Gasteiger partial charge >= 0.3 is 0 Å². The quantitative estimate of drug-likeness (QED) is 0.800. The molecule has 1 rings (SSSR count). The molecule has 0 spiro atoms. The van der Waals surface area contributed by atoms with Gasteiger partial charge in [0.2, 0.25) is 0 Å². The fraction of sp³-hybridized carbons (Fsp3) is 0.692. The summed E-state index contributed by atoms with van der Waals surface area (Å²) in [4.78, 5) is 8.37. The van der Waals surface area contributed by atoms with Crippen molar-refractivity contribution in [3.8, 4) is 0 Å². The van der Waals surface area contributed by atoms with Gasteiger partial charge in [0.15, 0.2) is 0 Å². The Labute approximate surface area is 109 Å². The van der Waals surface area contributed by atoms with Crippen molar-refractivity contribution in [2.24, 2.45) is 0 Å². The summed E-state index contributed by atoms with van der Waals surface area (Å²) in [7, 11) is 0. The zero-order valence-electron chi connectivity index (χ0n) is 11.3. The highest BCUT2D eigenvalue weighted by Crippen LogP contribution is 2.30. The molecule has 0 aromatic carbocycles. The maximum absolute atomic E-state index is 6.14. The molecule has 1 heterocycles. The highest BCUT2D eigenvalue weighted by Gasteiger charge is 2.21. The molecule has 0 atom stereocenters. The fourth-order valence-electron chi connectivity index (χ4n) is 1.99. The third-order valence-electron chi connectivity index (χ3n) is 2.74. The summed E-state index contributed by atoms with van der Waals surface area (Å²) >= 11 is 6.14. The van der Waals surface area contributed by atoms with Crippen LogP contribution in [0.4, 0.5) is 5.82 Å². The number of rotatable bonds is 5. The van der Waals surface area contributed by atoms with Crippen molar-refractivity contribution in [1.29, 1.82) is 0 Å². The molecule has 0 radical (unpaired) electrons. The Hall–Kier alpha value is -0.830. The molecule has 1 N–H and O–H groups in total. The van der Waals surface area contributed by atoms with E-state index in [0.717, 1.165) is 24.2 Å². The highest BCUT2D eigenvalue weighted by molar-refractivity contribution is 6.30. The van der Waals surface area contributed by atoms with Crippen LogP contribution in [0.1, 0.15) is 58.9 Å². The van der Waals surface area contributed by atoms with Crippen LogP contribution in [0.3, 0.4) is 0 Å². The first kappa shape index (κ1) is 14.2. The topological polar surface area (TPSA) is 37.8 Å². The van der Waals surface area contributed by atoms with Crippen molar-refractivity contribution >= 4 is 17.4 Å². The first-order valence-electron chi connectivity index (χ1n) is 6.16. The van der Waals surface area contributed by atoms with Gasteiger partial charge in [-0.25, -0.2) is 9.97 Å². The molecule has 17 heavy (non-hydrogen) atoms. The van der Waals surface area contributed by atoms with Crippen LogP contribution in [0.5, 0.6) is 0 Å². The minimum Gasteiger partial charge on any atom is -0.365 e. The summed E-state index contributed by atoms with van der Waals surface area (Å²) < 4.78 is 0. The van der Waals surface area contributed by atoms with Crippen molar-refractivity contribution in [3.05, 3.63) is 17.0 Å². The zero-order chi connectivity index (χ0) is 13.1. The SMILES string of the molecule is CCCC(C)(C)Nc1ncnc(Cl)c1C(C)C. The number of hydrogen-bond acceptors (Lipinski definition) is 3. The minimum atomic E-state index is 0.0239. The third kappa shape index (κ3) is 3.84. The van der Waals surface area contributed by atoms with Crippen LogP contribution in [0.15, 0.2) is 6.33 Å². The van der Waals surface area contributed by atoms with Gasteiger partial charge in [-0.2, -0.15) is 0 Å². The van der Waals surface area contributed by atoms with Gasteiger partial charge in [-0.15, -0.1) is 0 Å². The predicted molar refractivity (Wildman–Crippen MR) is 73.7 cm³/mol. The maximum Gasteiger partial charge on any atom is 0.138 e. The molecule has 0 aliphatic rings. The van der Waals surface area contributed by atoms with Gasteiger partial charge in [0.25, 0.3) is 0 Å². The lowest BCUT2D eigenvalue weighted by molar-refractivity contribution is 0.507. The van der Waals surface area contributed by atoms with E-state index in [1.54, 1.807) is 0 Å². The van der Waals surface area contributed by atoms with E-state index < -0.39 is 0 Å². The number of anilines is 1. The lowest BCUT2D eigenvalue weighted by atomic mass is 9.97. The first-order valence-corrected chi connectivity index (χ1v) is 6.53. The summed E-state index contributed by atoms with van der Waals surface area (Å²) in [5.74, 6) is 1.17. The van der Waals surface area contributed by atoms with Crippen LogP contribution < -0.4 is 5.32 Å². The lowest BCUT2D eigenvalue weighted by Gasteiger charge is -2.28. The minimum absolute atomic E-state index is 0.0239. The molecule has 0 aliphatic heterocycles. The molecule has 4 heteroatoms. The molecule has 0 bridgehead atoms. The van der Waals surface area contributed by atoms with Crippen LogP contribution >= 0.6 is 11.6 Å². The van der Waals surface area contributed by atoms with Crippen LogP contribution in [0.2, 0.25) is 5.15 Å². The Morgan fingerprint density at radius 1 is 1.35 bits per heavy atom. The third-order valence-corrected chi connectivity index (χ3v) is 3.05. The molecule has 0 saturated heterocycles. The molecular weight excluding hydrogens is 234 g/mol. The number of halogens is 1. The predicted octanol–water partition coefficient (Wildman–Crippen LogP) is 4.24. The van der Waals surface area contributed by atoms with Crippen LogP contribution in [-0.4, -0.2) is 15.5 Å². The molecule has 0 saturated carbocycles. The number of hydrogen-bond donors (Lipinski definition) is 1. The average Bonchev–Trinajstić information content (AvgIpc) is 2.15. The molecular formula is C13H22ClN3. The van der Waals surface area contributed by atoms with Crippen LogP contribution in [0.25, 0.3) is 0 Å². The molecule has 1 aromatic heterocycles. The Morgan fingerprint density at radius 3 is 2.53 bits per heavy atom. The average molecular weight is 256 g/mol. The first-order chi connectivity index (χ1) is 7.87. The van der Waals surface area contributed by atoms with Crippen molar-refractivity contribution in [2.75, 3.05) is 5.32 Å². The highest BCUT2D eigenvalue weighted by atomic mass is 35.5. The second-order valence-corrected chi connectivity index (χ2v) is 5.70. The monoisotopic (exact) mass is 255 g/mol. The van der Waals surface area contributed by atoms with Crippen LogP contribution in [0, 0.1) is 0 Å². The molecule has 0 fully saturated rings. The van der Waals surface area contributed by atoms with Gasteiger partial charge in [-0.05, 0) is 26.2 Å². The van der Waals surface area contributed by atoms with Gasteiger partial charge in [0, 0.05) is 11.1 Å².